The van der Waals surface area contributed by atoms with Crippen molar-refractivity contribution in [2.45, 2.75) is 59.3 Å². The van der Waals surface area contributed by atoms with Crippen LogP contribution in [0.2, 0.25) is 0 Å². The number of rotatable bonds is 2. The van der Waals surface area contributed by atoms with Crippen molar-refractivity contribution >= 4 is 11.6 Å². The van der Waals surface area contributed by atoms with Crippen LogP contribution in [0.5, 0.6) is 0 Å². The molecule has 2 N–H and O–H groups in total. The van der Waals surface area contributed by atoms with Gasteiger partial charge in [0.2, 0.25) is 0 Å². The van der Waals surface area contributed by atoms with Crippen molar-refractivity contribution < 1.29 is 0 Å². The van der Waals surface area contributed by atoms with Gasteiger partial charge in [-0.25, -0.2) is 9.97 Å². The Morgan fingerprint density at radius 1 is 1.20 bits per heavy atom. The summed E-state index contributed by atoms with van der Waals surface area (Å²) in [5.74, 6) is 3.37. The van der Waals surface area contributed by atoms with E-state index in [1.54, 1.807) is 0 Å². The molecular weight excluding hydrogens is 248 g/mol. The fraction of sp³-hybridized carbons (Fsp3) is 0.750. The second kappa shape index (κ2) is 5.58. The molecule has 0 spiro atoms. The number of nitrogens with two attached hydrogens (primary N) is 1. The SMILES string of the molecule is CCC1CCN(c2nc(C(C)(C)C)nc(N)c2C)CC1. The highest BCUT2D eigenvalue weighted by molar-refractivity contribution is 5.57. The zero-order chi connectivity index (χ0) is 14.9. The minimum Gasteiger partial charge on any atom is -0.383 e. The molecule has 2 heterocycles. The van der Waals surface area contributed by atoms with Crippen LogP contribution in [-0.4, -0.2) is 23.1 Å². The number of nitrogen functional groups attached to an aromatic ring is 1. The Bertz CT molecular complexity index is 468. The number of nitrogens with zero attached hydrogens (tertiary/aromatic N) is 3. The number of anilines is 2. The molecular formula is C16H28N4. The van der Waals surface area contributed by atoms with E-state index in [1.807, 2.05) is 6.92 Å². The first-order chi connectivity index (χ1) is 9.32. The van der Waals surface area contributed by atoms with Gasteiger partial charge in [0.25, 0.3) is 0 Å². The maximum Gasteiger partial charge on any atom is 0.138 e. The summed E-state index contributed by atoms with van der Waals surface area (Å²) in [6.07, 6.45) is 3.79. The topological polar surface area (TPSA) is 55.0 Å². The van der Waals surface area contributed by atoms with Crippen molar-refractivity contribution in [2.75, 3.05) is 23.7 Å². The predicted molar refractivity (Wildman–Crippen MR) is 85.1 cm³/mol. The third-order valence-corrected chi connectivity index (χ3v) is 4.32. The summed E-state index contributed by atoms with van der Waals surface area (Å²) in [6, 6.07) is 0. The molecule has 1 saturated heterocycles. The molecule has 0 unspecified atom stereocenters. The summed E-state index contributed by atoms with van der Waals surface area (Å²) >= 11 is 0. The van der Waals surface area contributed by atoms with Crippen molar-refractivity contribution in [3.63, 3.8) is 0 Å². The second-order valence-corrected chi connectivity index (χ2v) is 6.97. The van der Waals surface area contributed by atoms with Crippen molar-refractivity contribution in [3.05, 3.63) is 11.4 Å². The quantitative estimate of drug-likeness (QED) is 0.900. The Morgan fingerprint density at radius 3 is 2.30 bits per heavy atom. The van der Waals surface area contributed by atoms with Gasteiger partial charge in [0.15, 0.2) is 0 Å². The molecule has 1 aliphatic rings. The van der Waals surface area contributed by atoms with E-state index in [0.717, 1.165) is 36.2 Å². The average Bonchev–Trinajstić information content (AvgIpc) is 2.40. The summed E-state index contributed by atoms with van der Waals surface area (Å²) in [7, 11) is 0. The van der Waals surface area contributed by atoms with Gasteiger partial charge in [-0.15, -0.1) is 0 Å². The van der Waals surface area contributed by atoms with Crippen LogP contribution in [0.3, 0.4) is 0 Å². The summed E-state index contributed by atoms with van der Waals surface area (Å²) in [5, 5.41) is 0. The molecule has 0 saturated carbocycles. The Hall–Kier alpha value is -1.32. The molecule has 2 rings (SSSR count). The van der Waals surface area contributed by atoms with Crippen molar-refractivity contribution in [2.24, 2.45) is 5.92 Å². The van der Waals surface area contributed by atoms with Gasteiger partial charge >= 0.3 is 0 Å². The van der Waals surface area contributed by atoms with Gasteiger partial charge in [0.1, 0.15) is 17.5 Å². The molecule has 0 aromatic carbocycles. The Labute approximate surface area is 122 Å². The highest BCUT2D eigenvalue weighted by Gasteiger charge is 2.25. The minimum absolute atomic E-state index is 0.0711. The van der Waals surface area contributed by atoms with E-state index in [0.29, 0.717) is 5.82 Å². The van der Waals surface area contributed by atoms with Gasteiger partial charge in [-0.3, -0.25) is 0 Å². The number of hydrogen-bond acceptors (Lipinski definition) is 4. The first-order valence-electron chi connectivity index (χ1n) is 7.72. The van der Waals surface area contributed by atoms with Crippen LogP contribution in [0.1, 0.15) is 58.3 Å². The third-order valence-electron chi connectivity index (χ3n) is 4.32. The fourth-order valence-corrected chi connectivity index (χ4v) is 2.72. The molecule has 20 heavy (non-hydrogen) atoms. The second-order valence-electron chi connectivity index (χ2n) is 6.97. The molecule has 0 bridgehead atoms. The molecule has 1 aliphatic heterocycles. The van der Waals surface area contributed by atoms with Crippen molar-refractivity contribution in [3.8, 4) is 0 Å². The molecule has 0 atom stereocenters. The zero-order valence-electron chi connectivity index (χ0n) is 13.5. The van der Waals surface area contributed by atoms with Crippen molar-refractivity contribution in [1.82, 2.24) is 9.97 Å². The van der Waals surface area contributed by atoms with Gasteiger partial charge < -0.3 is 10.6 Å². The summed E-state index contributed by atoms with van der Waals surface area (Å²) in [4.78, 5) is 11.7. The van der Waals surface area contributed by atoms with E-state index < -0.39 is 0 Å². The first kappa shape index (κ1) is 15.1. The van der Waals surface area contributed by atoms with Gasteiger partial charge in [0.05, 0.1) is 0 Å². The van der Waals surface area contributed by atoms with E-state index in [1.165, 1.54) is 19.3 Å². The summed E-state index contributed by atoms with van der Waals surface area (Å²) < 4.78 is 0. The molecule has 112 valence electrons. The van der Waals surface area contributed by atoms with E-state index in [2.05, 4.69) is 37.6 Å². The Kier molecular flexibility index (Phi) is 4.21. The molecule has 1 aromatic heterocycles. The lowest BCUT2D eigenvalue weighted by Gasteiger charge is -2.34. The highest BCUT2D eigenvalue weighted by atomic mass is 15.2. The van der Waals surface area contributed by atoms with Gasteiger partial charge in [-0.2, -0.15) is 0 Å². The van der Waals surface area contributed by atoms with Gasteiger partial charge in [-0.05, 0) is 25.7 Å². The van der Waals surface area contributed by atoms with Crippen LogP contribution in [0, 0.1) is 12.8 Å². The molecule has 4 heteroatoms. The smallest absolute Gasteiger partial charge is 0.138 e. The molecule has 0 amide bonds. The number of hydrogen-bond donors (Lipinski definition) is 1. The van der Waals surface area contributed by atoms with Crippen LogP contribution in [0.25, 0.3) is 0 Å². The largest absolute Gasteiger partial charge is 0.383 e. The zero-order valence-corrected chi connectivity index (χ0v) is 13.5. The van der Waals surface area contributed by atoms with Crippen molar-refractivity contribution in [1.29, 1.82) is 0 Å². The summed E-state index contributed by atoms with van der Waals surface area (Å²) in [5.41, 5.74) is 7.05. The lowest BCUT2D eigenvalue weighted by molar-refractivity contribution is 0.392. The monoisotopic (exact) mass is 276 g/mol. The van der Waals surface area contributed by atoms with Crippen LogP contribution in [0.4, 0.5) is 11.6 Å². The van der Waals surface area contributed by atoms with E-state index in [4.69, 9.17) is 10.7 Å². The van der Waals surface area contributed by atoms with Crippen LogP contribution in [-0.2, 0) is 5.41 Å². The van der Waals surface area contributed by atoms with Crippen LogP contribution >= 0.6 is 0 Å². The predicted octanol–water partition coefficient (Wildman–Crippen LogP) is 3.29. The highest BCUT2D eigenvalue weighted by Crippen LogP contribution is 2.30. The first-order valence-corrected chi connectivity index (χ1v) is 7.72. The number of aromatic nitrogens is 2. The van der Waals surface area contributed by atoms with E-state index in [-0.39, 0.29) is 5.41 Å². The molecule has 0 radical (unpaired) electrons. The molecule has 4 nitrogen and oxygen atoms in total. The number of piperidine rings is 1. The maximum absolute atomic E-state index is 6.10. The summed E-state index contributed by atoms with van der Waals surface area (Å²) in [6.45, 7) is 12.9. The van der Waals surface area contributed by atoms with Crippen LogP contribution in [0.15, 0.2) is 0 Å². The Balaban J connectivity index is 2.29. The van der Waals surface area contributed by atoms with E-state index in [9.17, 15) is 0 Å². The standard InChI is InChI=1S/C16H28N4/c1-6-12-7-9-20(10-8-12)14-11(2)13(17)18-15(19-14)16(3,4)5/h12H,6-10H2,1-5H3,(H2,17,18,19). The molecule has 1 aromatic rings. The van der Waals surface area contributed by atoms with Gasteiger partial charge in [0, 0.05) is 24.1 Å². The lowest BCUT2D eigenvalue weighted by Crippen LogP contribution is -2.35. The van der Waals surface area contributed by atoms with Gasteiger partial charge in [-0.1, -0.05) is 34.1 Å². The minimum atomic E-state index is -0.0711. The average molecular weight is 276 g/mol. The van der Waals surface area contributed by atoms with E-state index >= 15 is 0 Å². The Morgan fingerprint density at radius 2 is 1.80 bits per heavy atom. The molecule has 1 fully saturated rings. The third kappa shape index (κ3) is 3.05. The van der Waals surface area contributed by atoms with Crippen LogP contribution < -0.4 is 10.6 Å². The molecule has 0 aliphatic carbocycles. The lowest BCUT2D eigenvalue weighted by atomic mass is 9.94. The fourth-order valence-electron chi connectivity index (χ4n) is 2.72. The maximum atomic E-state index is 6.10. The normalized spacial score (nSPS) is 17.6.